The molecule has 0 aliphatic carbocycles. The molecule has 2 aliphatic rings. The molecule has 0 N–H and O–H groups in total. The Kier molecular flexibility index (Phi) is 3.22. The lowest BCUT2D eigenvalue weighted by Crippen LogP contribution is -2.56. The number of hydrogen-bond acceptors (Lipinski definition) is 3. The predicted molar refractivity (Wildman–Crippen MR) is 63.7 cm³/mol. The lowest BCUT2D eigenvalue weighted by atomic mass is 9.83. The van der Waals surface area contributed by atoms with Crippen LogP contribution in [-0.4, -0.2) is 35.5 Å². The predicted octanol–water partition coefficient (Wildman–Crippen LogP) is 2.29. The molecule has 2 atom stereocenters. The number of piperidine rings is 1. The minimum atomic E-state index is -0.414. The first kappa shape index (κ1) is 12.1. The van der Waals surface area contributed by atoms with Crippen LogP contribution in [0.3, 0.4) is 0 Å². The number of nitrogens with zero attached hydrogens (tertiary/aromatic N) is 1. The first-order valence-electron chi connectivity index (χ1n) is 6.21. The van der Waals surface area contributed by atoms with Crippen molar-refractivity contribution < 1.29 is 14.3 Å². The van der Waals surface area contributed by atoms with Gasteiger partial charge < -0.3 is 4.74 Å². The Morgan fingerprint density at radius 2 is 2.41 bits per heavy atom. The molecule has 0 saturated carbocycles. The molecule has 2 bridgehead atoms. The number of carbonyl (C=O) groups excluding carboxylic acids is 2. The maximum absolute atomic E-state index is 11.9. The first-order chi connectivity index (χ1) is 8.13. The van der Waals surface area contributed by atoms with Crippen LogP contribution in [0, 0.1) is 0 Å². The Bertz CT molecular complexity index is 364. The SMILES string of the molecule is CCCC[C@]12C=C[C@H](CC(=O)C1)N2C(=O)OC. The summed E-state index contributed by atoms with van der Waals surface area (Å²) in [6.45, 7) is 2.11. The van der Waals surface area contributed by atoms with Gasteiger partial charge in [-0.1, -0.05) is 31.9 Å². The summed E-state index contributed by atoms with van der Waals surface area (Å²) in [4.78, 5) is 25.3. The zero-order chi connectivity index (χ0) is 12.5. The zero-order valence-corrected chi connectivity index (χ0v) is 10.4. The molecule has 1 amide bonds. The molecule has 4 nitrogen and oxygen atoms in total. The second-order valence-electron chi connectivity index (χ2n) is 4.89. The van der Waals surface area contributed by atoms with Gasteiger partial charge in [-0.05, 0) is 6.42 Å². The molecular formula is C13H19NO3. The maximum atomic E-state index is 11.9. The van der Waals surface area contributed by atoms with E-state index < -0.39 is 5.54 Å². The van der Waals surface area contributed by atoms with Gasteiger partial charge in [0.15, 0.2) is 0 Å². The summed E-state index contributed by atoms with van der Waals surface area (Å²) < 4.78 is 4.85. The van der Waals surface area contributed by atoms with E-state index in [4.69, 9.17) is 4.74 Å². The van der Waals surface area contributed by atoms with E-state index in [2.05, 4.69) is 6.92 Å². The van der Waals surface area contributed by atoms with Gasteiger partial charge in [0.2, 0.25) is 0 Å². The summed E-state index contributed by atoms with van der Waals surface area (Å²) in [7, 11) is 1.39. The van der Waals surface area contributed by atoms with Crippen LogP contribution in [-0.2, 0) is 9.53 Å². The molecule has 0 spiro atoms. The van der Waals surface area contributed by atoms with Gasteiger partial charge in [0, 0.05) is 12.8 Å². The number of unbranched alkanes of at least 4 members (excludes halogenated alkanes) is 1. The molecular weight excluding hydrogens is 218 g/mol. The Labute approximate surface area is 102 Å². The minimum absolute atomic E-state index is 0.0967. The van der Waals surface area contributed by atoms with Crippen LogP contribution in [0.25, 0.3) is 0 Å². The van der Waals surface area contributed by atoms with Crippen molar-refractivity contribution in [2.24, 2.45) is 0 Å². The van der Waals surface area contributed by atoms with Gasteiger partial charge in [-0.15, -0.1) is 0 Å². The lowest BCUT2D eigenvalue weighted by molar-refractivity contribution is -0.125. The van der Waals surface area contributed by atoms with Gasteiger partial charge in [-0.25, -0.2) is 4.79 Å². The second-order valence-corrected chi connectivity index (χ2v) is 4.89. The van der Waals surface area contributed by atoms with Crippen molar-refractivity contribution in [2.45, 2.75) is 50.6 Å². The number of rotatable bonds is 3. The van der Waals surface area contributed by atoms with Crippen molar-refractivity contribution in [3.63, 3.8) is 0 Å². The van der Waals surface area contributed by atoms with Gasteiger partial charge in [0.1, 0.15) is 5.78 Å². The van der Waals surface area contributed by atoms with E-state index >= 15 is 0 Å². The van der Waals surface area contributed by atoms with Crippen LogP contribution < -0.4 is 0 Å². The summed E-state index contributed by atoms with van der Waals surface area (Å²) in [5.41, 5.74) is -0.414. The Balaban J connectivity index is 2.25. The normalized spacial score (nSPS) is 30.8. The van der Waals surface area contributed by atoms with Gasteiger partial charge >= 0.3 is 6.09 Å². The third-order valence-corrected chi connectivity index (χ3v) is 3.71. The van der Waals surface area contributed by atoms with Crippen molar-refractivity contribution in [3.8, 4) is 0 Å². The second kappa shape index (κ2) is 4.51. The van der Waals surface area contributed by atoms with Gasteiger partial charge in [-0.3, -0.25) is 9.69 Å². The summed E-state index contributed by atoms with van der Waals surface area (Å²) in [5, 5.41) is 0. The molecule has 0 radical (unpaired) electrons. The minimum Gasteiger partial charge on any atom is -0.453 e. The van der Waals surface area contributed by atoms with Crippen molar-refractivity contribution >= 4 is 11.9 Å². The van der Waals surface area contributed by atoms with Gasteiger partial charge in [0.05, 0.1) is 18.7 Å². The molecule has 0 unspecified atom stereocenters. The molecule has 2 rings (SSSR count). The molecule has 94 valence electrons. The highest BCUT2D eigenvalue weighted by Crippen LogP contribution is 2.41. The third kappa shape index (κ3) is 1.96. The number of methoxy groups -OCH3 is 1. The van der Waals surface area contributed by atoms with Crippen LogP contribution in [0.15, 0.2) is 12.2 Å². The van der Waals surface area contributed by atoms with Crippen molar-refractivity contribution in [1.82, 2.24) is 4.90 Å². The van der Waals surface area contributed by atoms with Crippen LogP contribution in [0.5, 0.6) is 0 Å². The van der Waals surface area contributed by atoms with E-state index in [1.165, 1.54) is 7.11 Å². The summed E-state index contributed by atoms with van der Waals surface area (Å²) in [5.74, 6) is 0.247. The smallest absolute Gasteiger partial charge is 0.410 e. The van der Waals surface area contributed by atoms with Crippen molar-refractivity contribution in [1.29, 1.82) is 0 Å². The highest BCUT2D eigenvalue weighted by molar-refractivity contribution is 5.86. The quantitative estimate of drug-likeness (QED) is 0.707. The summed E-state index contributed by atoms with van der Waals surface area (Å²) in [6, 6.07) is -0.0967. The fraction of sp³-hybridized carbons (Fsp3) is 0.692. The van der Waals surface area contributed by atoms with E-state index in [1.54, 1.807) is 4.90 Å². The van der Waals surface area contributed by atoms with E-state index in [9.17, 15) is 9.59 Å². The number of amides is 1. The number of Topliss-reactive ketones (excluding diaryl/α,β-unsaturated/α-hetero) is 1. The molecule has 0 aromatic heterocycles. The highest BCUT2D eigenvalue weighted by Gasteiger charge is 2.50. The van der Waals surface area contributed by atoms with Gasteiger partial charge in [-0.2, -0.15) is 0 Å². The van der Waals surface area contributed by atoms with E-state index in [0.717, 1.165) is 19.3 Å². The largest absolute Gasteiger partial charge is 0.453 e. The lowest BCUT2D eigenvalue weighted by Gasteiger charge is -2.43. The summed E-state index contributed by atoms with van der Waals surface area (Å²) >= 11 is 0. The molecule has 2 aliphatic heterocycles. The van der Waals surface area contributed by atoms with Crippen LogP contribution in [0.4, 0.5) is 4.79 Å². The number of carbonyl (C=O) groups is 2. The van der Waals surface area contributed by atoms with Crippen LogP contribution >= 0.6 is 0 Å². The Morgan fingerprint density at radius 1 is 1.65 bits per heavy atom. The van der Waals surface area contributed by atoms with Crippen molar-refractivity contribution in [2.75, 3.05) is 7.11 Å². The van der Waals surface area contributed by atoms with E-state index in [1.807, 2.05) is 12.2 Å². The highest BCUT2D eigenvalue weighted by atomic mass is 16.5. The number of fused-ring (bicyclic) bond motifs is 2. The molecule has 4 heteroatoms. The topological polar surface area (TPSA) is 46.6 Å². The monoisotopic (exact) mass is 237 g/mol. The van der Waals surface area contributed by atoms with Crippen molar-refractivity contribution in [3.05, 3.63) is 12.2 Å². The fourth-order valence-electron chi connectivity index (χ4n) is 2.93. The Morgan fingerprint density at radius 3 is 3.06 bits per heavy atom. The average Bonchev–Trinajstić information content (AvgIpc) is 2.55. The third-order valence-electron chi connectivity index (χ3n) is 3.71. The zero-order valence-electron chi connectivity index (χ0n) is 10.4. The molecule has 17 heavy (non-hydrogen) atoms. The number of hydrogen-bond donors (Lipinski definition) is 0. The van der Waals surface area contributed by atoms with Crippen LogP contribution in [0.2, 0.25) is 0 Å². The van der Waals surface area contributed by atoms with Gasteiger partial charge in [0.25, 0.3) is 0 Å². The summed E-state index contributed by atoms with van der Waals surface area (Å²) in [6.07, 6.45) is 7.49. The molecule has 1 fully saturated rings. The number of ketones is 1. The molecule has 2 heterocycles. The van der Waals surface area contributed by atoms with E-state index in [0.29, 0.717) is 12.8 Å². The molecule has 1 saturated heterocycles. The Hall–Kier alpha value is -1.32. The maximum Gasteiger partial charge on any atom is 0.410 e. The number of ether oxygens (including phenoxy) is 1. The standard InChI is InChI=1S/C13H19NO3/c1-3-4-6-13-7-5-10(8-11(15)9-13)14(13)12(16)17-2/h5,7,10H,3-4,6,8-9H2,1-2H3/t10-,13+/m1/s1. The molecule has 0 aromatic rings. The molecule has 0 aromatic carbocycles. The van der Waals surface area contributed by atoms with Crippen LogP contribution in [0.1, 0.15) is 39.0 Å². The fourth-order valence-corrected chi connectivity index (χ4v) is 2.93. The average molecular weight is 237 g/mol. The first-order valence-corrected chi connectivity index (χ1v) is 6.21. The van der Waals surface area contributed by atoms with E-state index in [-0.39, 0.29) is 17.9 Å².